The number of carboxylic acid groups (broad SMARTS) is 1. The van der Waals surface area contributed by atoms with Crippen LogP contribution in [0.1, 0.15) is 42.1 Å². The fourth-order valence-electron chi connectivity index (χ4n) is 3.74. The van der Waals surface area contributed by atoms with Crippen LogP contribution in [-0.2, 0) is 17.6 Å². The molecule has 0 bridgehead atoms. The van der Waals surface area contributed by atoms with Crippen LogP contribution in [0.25, 0.3) is 0 Å². The highest BCUT2D eigenvalue weighted by molar-refractivity contribution is 6.30. The number of ether oxygens (including phenoxy) is 1. The number of aliphatic carboxylic acids is 1. The third kappa shape index (κ3) is 6.74. The van der Waals surface area contributed by atoms with E-state index in [-0.39, 0.29) is 6.42 Å². The lowest BCUT2D eigenvalue weighted by molar-refractivity contribution is -0.137. The minimum atomic E-state index is -0.796. The topological polar surface area (TPSA) is 78.8 Å². The Bertz CT molecular complexity index is 826. The first kappa shape index (κ1) is 21.6. The van der Waals surface area contributed by atoms with Gasteiger partial charge in [0.15, 0.2) is 0 Å². The van der Waals surface area contributed by atoms with Crippen molar-refractivity contribution in [1.29, 1.82) is 0 Å². The van der Waals surface area contributed by atoms with Crippen LogP contribution in [0, 0.1) is 5.92 Å². The molecule has 0 saturated heterocycles. The number of carboxylic acids is 1. The smallest absolute Gasteiger partial charge is 0.303 e. The van der Waals surface area contributed by atoms with Crippen LogP contribution in [0.3, 0.4) is 0 Å². The van der Waals surface area contributed by atoms with Gasteiger partial charge < -0.3 is 20.3 Å². The molecule has 0 aromatic heterocycles. The van der Waals surface area contributed by atoms with Gasteiger partial charge in [0, 0.05) is 18.0 Å². The van der Waals surface area contributed by atoms with Crippen molar-refractivity contribution in [1.82, 2.24) is 5.32 Å². The molecule has 3 N–H and O–H groups in total. The molecule has 3 rings (SSSR count). The summed E-state index contributed by atoms with van der Waals surface area (Å²) < 4.78 is 5.71. The van der Waals surface area contributed by atoms with Crippen LogP contribution in [0.2, 0.25) is 5.02 Å². The number of nitrogens with one attached hydrogen (secondary N) is 1. The maximum Gasteiger partial charge on any atom is 0.303 e. The second-order valence-corrected chi connectivity index (χ2v) is 8.05. The standard InChI is InChI=1S/C23H28ClNO4/c24-20-4-1-3-18(12-20)22(26)15-25-14-16-6-7-17-8-9-21(13-19(17)11-16)29-10-2-5-23(27)28/h1,3-4,8-9,12-13,16,22,25-26H,2,5-7,10-11,14-15H2,(H,27,28). The number of halogens is 1. The number of rotatable bonds is 10. The Morgan fingerprint density at radius 3 is 2.90 bits per heavy atom. The van der Waals surface area contributed by atoms with Gasteiger partial charge in [-0.2, -0.15) is 0 Å². The molecule has 0 saturated carbocycles. The summed E-state index contributed by atoms with van der Waals surface area (Å²) in [7, 11) is 0. The summed E-state index contributed by atoms with van der Waals surface area (Å²) in [6.07, 6.45) is 3.19. The monoisotopic (exact) mass is 417 g/mol. The average molecular weight is 418 g/mol. The van der Waals surface area contributed by atoms with Crippen LogP contribution >= 0.6 is 11.6 Å². The molecular weight excluding hydrogens is 390 g/mol. The molecule has 0 radical (unpaired) electrons. The molecule has 0 spiro atoms. The van der Waals surface area contributed by atoms with E-state index in [9.17, 15) is 9.90 Å². The molecule has 5 nitrogen and oxygen atoms in total. The Morgan fingerprint density at radius 2 is 2.10 bits per heavy atom. The summed E-state index contributed by atoms with van der Waals surface area (Å²) in [6, 6.07) is 13.5. The molecular formula is C23H28ClNO4. The van der Waals surface area contributed by atoms with Gasteiger partial charge in [0.25, 0.3) is 0 Å². The molecule has 1 aliphatic rings. The fraction of sp³-hybridized carbons (Fsp3) is 0.435. The zero-order valence-corrected chi connectivity index (χ0v) is 17.2. The first-order valence-corrected chi connectivity index (χ1v) is 10.5. The third-order valence-electron chi connectivity index (χ3n) is 5.32. The van der Waals surface area contributed by atoms with E-state index in [2.05, 4.69) is 17.4 Å². The maximum absolute atomic E-state index is 10.6. The summed E-state index contributed by atoms with van der Waals surface area (Å²) in [5.74, 6) is 0.519. The van der Waals surface area contributed by atoms with Crippen LogP contribution in [0.5, 0.6) is 5.75 Å². The fourth-order valence-corrected chi connectivity index (χ4v) is 3.94. The van der Waals surface area contributed by atoms with Gasteiger partial charge in [0.2, 0.25) is 0 Å². The van der Waals surface area contributed by atoms with Gasteiger partial charge in [0.1, 0.15) is 5.75 Å². The van der Waals surface area contributed by atoms with Gasteiger partial charge in [-0.1, -0.05) is 29.8 Å². The first-order valence-electron chi connectivity index (χ1n) is 10.1. The van der Waals surface area contributed by atoms with E-state index in [0.29, 0.717) is 30.5 Å². The maximum atomic E-state index is 10.6. The normalized spacial score (nSPS) is 16.8. The van der Waals surface area contributed by atoms with E-state index >= 15 is 0 Å². The van der Waals surface area contributed by atoms with E-state index in [4.69, 9.17) is 21.4 Å². The lowest BCUT2D eigenvalue weighted by Crippen LogP contribution is -2.30. The summed E-state index contributed by atoms with van der Waals surface area (Å²) in [4.78, 5) is 10.6. The molecule has 156 valence electrons. The zero-order chi connectivity index (χ0) is 20.6. The number of hydrogen-bond acceptors (Lipinski definition) is 4. The lowest BCUT2D eigenvalue weighted by Gasteiger charge is -2.26. The minimum Gasteiger partial charge on any atom is -0.494 e. The Hall–Kier alpha value is -2.08. The van der Waals surface area contributed by atoms with E-state index < -0.39 is 12.1 Å². The van der Waals surface area contributed by atoms with Crippen molar-refractivity contribution < 1.29 is 19.7 Å². The molecule has 2 unspecified atom stereocenters. The van der Waals surface area contributed by atoms with E-state index in [1.54, 1.807) is 12.1 Å². The summed E-state index contributed by atoms with van der Waals surface area (Å²) in [5, 5.41) is 23.0. The number of carbonyl (C=O) groups is 1. The molecule has 1 aliphatic carbocycles. The number of benzene rings is 2. The van der Waals surface area contributed by atoms with E-state index in [1.807, 2.05) is 18.2 Å². The number of hydrogen-bond donors (Lipinski definition) is 3. The molecule has 0 amide bonds. The Balaban J connectivity index is 1.46. The molecule has 2 aromatic carbocycles. The number of aliphatic hydroxyl groups is 1. The SMILES string of the molecule is O=C(O)CCCOc1ccc2c(c1)CC(CNCC(O)c1cccc(Cl)c1)CC2. The summed E-state index contributed by atoms with van der Waals surface area (Å²) >= 11 is 5.99. The van der Waals surface area contributed by atoms with Gasteiger partial charge in [-0.05, 0) is 79.1 Å². The Morgan fingerprint density at radius 1 is 1.24 bits per heavy atom. The second kappa shape index (κ2) is 10.6. The van der Waals surface area contributed by atoms with Crippen molar-refractivity contribution in [3.8, 4) is 5.75 Å². The van der Waals surface area contributed by atoms with Crippen LogP contribution in [-0.4, -0.2) is 35.9 Å². The van der Waals surface area contributed by atoms with Crippen molar-refractivity contribution in [2.45, 2.75) is 38.2 Å². The summed E-state index contributed by atoms with van der Waals surface area (Å²) in [5.41, 5.74) is 3.48. The number of aryl methyl sites for hydroxylation is 1. The highest BCUT2D eigenvalue weighted by Gasteiger charge is 2.19. The average Bonchev–Trinajstić information content (AvgIpc) is 2.70. The van der Waals surface area contributed by atoms with Gasteiger partial charge in [-0.15, -0.1) is 0 Å². The van der Waals surface area contributed by atoms with Crippen molar-refractivity contribution in [2.75, 3.05) is 19.7 Å². The van der Waals surface area contributed by atoms with Gasteiger partial charge >= 0.3 is 5.97 Å². The number of fused-ring (bicyclic) bond motifs is 1. The molecule has 0 aliphatic heterocycles. The molecule has 29 heavy (non-hydrogen) atoms. The van der Waals surface area contributed by atoms with E-state index in [1.165, 1.54) is 11.1 Å². The van der Waals surface area contributed by atoms with Gasteiger partial charge in [-0.25, -0.2) is 0 Å². The lowest BCUT2D eigenvalue weighted by atomic mass is 9.83. The Labute approximate surface area is 176 Å². The predicted molar refractivity (Wildman–Crippen MR) is 114 cm³/mol. The zero-order valence-electron chi connectivity index (χ0n) is 16.4. The minimum absolute atomic E-state index is 0.125. The van der Waals surface area contributed by atoms with Crippen LogP contribution in [0.15, 0.2) is 42.5 Å². The van der Waals surface area contributed by atoms with Crippen molar-refractivity contribution in [3.05, 3.63) is 64.2 Å². The second-order valence-electron chi connectivity index (χ2n) is 7.61. The van der Waals surface area contributed by atoms with Crippen molar-refractivity contribution in [3.63, 3.8) is 0 Å². The van der Waals surface area contributed by atoms with Crippen molar-refractivity contribution >= 4 is 17.6 Å². The van der Waals surface area contributed by atoms with Gasteiger partial charge in [0.05, 0.1) is 12.7 Å². The largest absolute Gasteiger partial charge is 0.494 e. The van der Waals surface area contributed by atoms with Crippen molar-refractivity contribution in [2.24, 2.45) is 5.92 Å². The molecule has 0 fully saturated rings. The molecule has 2 atom stereocenters. The predicted octanol–water partition coefficient (Wildman–Crippen LogP) is 4.01. The highest BCUT2D eigenvalue weighted by atomic mass is 35.5. The quantitative estimate of drug-likeness (QED) is 0.509. The molecule has 0 heterocycles. The summed E-state index contributed by atoms with van der Waals surface area (Å²) in [6.45, 7) is 1.76. The molecule has 6 heteroatoms. The third-order valence-corrected chi connectivity index (χ3v) is 5.55. The van der Waals surface area contributed by atoms with Crippen LogP contribution < -0.4 is 10.1 Å². The Kier molecular flexibility index (Phi) is 7.92. The van der Waals surface area contributed by atoms with Crippen LogP contribution in [0.4, 0.5) is 0 Å². The van der Waals surface area contributed by atoms with E-state index in [0.717, 1.165) is 37.1 Å². The first-order chi connectivity index (χ1) is 14.0. The van der Waals surface area contributed by atoms with Gasteiger partial charge in [-0.3, -0.25) is 4.79 Å². The molecule has 2 aromatic rings. The highest BCUT2D eigenvalue weighted by Crippen LogP contribution is 2.28. The number of aliphatic hydroxyl groups excluding tert-OH is 1.